The van der Waals surface area contributed by atoms with Crippen LogP contribution >= 0.6 is 0 Å². The largest absolute Gasteiger partial charge is 0.462 e. The van der Waals surface area contributed by atoms with Gasteiger partial charge in [-0.2, -0.15) is 0 Å². The fourth-order valence-electron chi connectivity index (χ4n) is 10.1. The van der Waals surface area contributed by atoms with E-state index in [1.807, 2.05) is 7.11 Å². The predicted molar refractivity (Wildman–Crippen MR) is 147 cm³/mol. The van der Waals surface area contributed by atoms with Crippen LogP contribution in [0.2, 0.25) is 0 Å². The second-order valence-corrected chi connectivity index (χ2v) is 14.1. The standard InChI is InChI=1S/C32H51NO5/c1-19(18-33-21(3)34)10-15-32(36-7)20(2)29-28(38-32)17-27-25-9-8-23-16-24(37-22(4)35)11-13-30(23,5)26(25)12-14-31(27,29)6/h8,19-20,24-29H,9-18H2,1-7H3,(H,33,34)/t19?,20?,24-,25?,26?,27?,28?,29?,30-,31-,32?/m0/s1. The third-order valence-corrected chi connectivity index (χ3v) is 12.1. The highest BCUT2D eigenvalue weighted by atomic mass is 16.7. The van der Waals surface area contributed by atoms with Crippen molar-refractivity contribution in [3.05, 3.63) is 11.6 Å². The number of amides is 1. The summed E-state index contributed by atoms with van der Waals surface area (Å²) in [6, 6.07) is 0. The van der Waals surface area contributed by atoms with Crippen molar-refractivity contribution in [1.29, 1.82) is 0 Å². The molecule has 0 aromatic carbocycles. The maximum absolute atomic E-state index is 11.6. The third-order valence-electron chi connectivity index (χ3n) is 12.1. The fourth-order valence-corrected chi connectivity index (χ4v) is 10.1. The van der Waals surface area contributed by atoms with Crippen molar-refractivity contribution < 1.29 is 23.8 Å². The van der Waals surface area contributed by atoms with Crippen LogP contribution in [0.3, 0.4) is 0 Å². The molecule has 38 heavy (non-hydrogen) atoms. The molecule has 1 heterocycles. The zero-order valence-electron chi connectivity index (χ0n) is 24.8. The van der Waals surface area contributed by atoms with E-state index in [0.717, 1.165) is 50.9 Å². The Hall–Kier alpha value is -1.40. The Labute approximate surface area is 230 Å². The second kappa shape index (κ2) is 10.2. The molecule has 3 saturated carbocycles. The Balaban J connectivity index is 1.30. The molecule has 0 radical (unpaired) electrons. The normalized spacial score (nSPS) is 46.2. The summed E-state index contributed by atoms with van der Waals surface area (Å²) < 4.78 is 18.8. The van der Waals surface area contributed by atoms with E-state index in [-0.39, 0.29) is 34.9 Å². The van der Waals surface area contributed by atoms with Crippen LogP contribution in [0.25, 0.3) is 0 Å². The van der Waals surface area contributed by atoms with Gasteiger partial charge in [-0.1, -0.05) is 39.3 Å². The first-order chi connectivity index (χ1) is 17.9. The number of esters is 1. The number of fused-ring (bicyclic) bond motifs is 7. The number of rotatable bonds is 7. The lowest BCUT2D eigenvalue weighted by Gasteiger charge is -2.58. The van der Waals surface area contributed by atoms with Gasteiger partial charge in [0.25, 0.3) is 0 Å². The summed E-state index contributed by atoms with van der Waals surface area (Å²) in [5.74, 6) is 2.74. The number of carbonyl (C=O) groups is 2. The Morgan fingerprint density at radius 3 is 2.63 bits per heavy atom. The molecule has 0 aromatic rings. The van der Waals surface area contributed by atoms with Crippen molar-refractivity contribution in [1.82, 2.24) is 5.32 Å². The maximum atomic E-state index is 11.6. The molecule has 6 nitrogen and oxygen atoms in total. The zero-order chi connectivity index (χ0) is 27.5. The molecule has 6 heteroatoms. The average molecular weight is 530 g/mol. The van der Waals surface area contributed by atoms with Crippen molar-refractivity contribution in [3.63, 3.8) is 0 Å². The predicted octanol–water partition coefficient (Wildman–Crippen LogP) is 6.04. The fraction of sp³-hybridized carbons (Fsp3) is 0.875. The molecular weight excluding hydrogens is 478 g/mol. The lowest BCUT2D eigenvalue weighted by molar-refractivity contribution is -0.238. The van der Waals surface area contributed by atoms with Crippen molar-refractivity contribution in [2.24, 2.45) is 46.3 Å². The second-order valence-electron chi connectivity index (χ2n) is 14.1. The van der Waals surface area contributed by atoms with Gasteiger partial charge in [-0.25, -0.2) is 0 Å². The smallest absolute Gasteiger partial charge is 0.302 e. The first-order valence-corrected chi connectivity index (χ1v) is 15.3. The van der Waals surface area contributed by atoms with Gasteiger partial charge < -0.3 is 19.5 Å². The molecule has 5 aliphatic rings. The van der Waals surface area contributed by atoms with Gasteiger partial charge >= 0.3 is 5.97 Å². The van der Waals surface area contributed by atoms with Gasteiger partial charge in [0.15, 0.2) is 5.79 Å². The van der Waals surface area contributed by atoms with Crippen molar-refractivity contribution >= 4 is 11.9 Å². The Kier molecular flexibility index (Phi) is 7.56. The van der Waals surface area contributed by atoms with Crippen LogP contribution in [0, 0.1) is 46.3 Å². The number of ether oxygens (including phenoxy) is 3. The van der Waals surface area contributed by atoms with E-state index in [2.05, 4.69) is 39.1 Å². The average Bonchev–Trinajstić information content (AvgIpc) is 3.31. The number of nitrogens with one attached hydrogen (secondary N) is 1. The van der Waals surface area contributed by atoms with E-state index in [4.69, 9.17) is 14.2 Å². The van der Waals surface area contributed by atoms with Crippen LogP contribution in [0.4, 0.5) is 0 Å². The van der Waals surface area contributed by atoms with Gasteiger partial charge in [-0.3, -0.25) is 9.59 Å². The van der Waals surface area contributed by atoms with Crippen molar-refractivity contribution in [2.75, 3.05) is 13.7 Å². The first-order valence-electron chi connectivity index (χ1n) is 15.3. The molecule has 0 bridgehead atoms. The summed E-state index contributed by atoms with van der Waals surface area (Å²) in [7, 11) is 1.83. The van der Waals surface area contributed by atoms with Crippen LogP contribution in [0.15, 0.2) is 11.6 Å². The molecule has 4 aliphatic carbocycles. The quantitative estimate of drug-likeness (QED) is 0.322. The Morgan fingerprint density at radius 2 is 1.95 bits per heavy atom. The topological polar surface area (TPSA) is 73.9 Å². The Bertz CT molecular complexity index is 963. The minimum atomic E-state index is -0.522. The molecule has 214 valence electrons. The SMILES string of the molecule is COC1(CCC(C)CNC(C)=O)OC2CC3C4CC=C5C[C@@H](OC(C)=O)CC[C@]5(C)C4CC[C@]3(C)C2C1C. The van der Waals surface area contributed by atoms with Gasteiger partial charge in [0, 0.05) is 46.3 Å². The van der Waals surface area contributed by atoms with E-state index in [9.17, 15) is 9.59 Å². The molecule has 5 rings (SSSR count). The first kappa shape index (κ1) is 28.1. The van der Waals surface area contributed by atoms with Gasteiger partial charge in [-0.15, -0.1) is 0 Å². The van der Waals surface area contributed by atoms with E-state index in [1.54, 1.807) is 12.5 Å². The molecular formula is C32H51NO5. The van der Waals surface area contributed by atoms with Crippen LogP contribution in [-0.2, 0) is 23.8 Å². The Morgan fingerprint density at radius 1 is 1.18 bits per heavy atom. The summed E-state index contributed by atoms with van der Waals surface area (Å²) in [5, 5.41) is 2.96. The lowest BCUT2D eigenvalue weighted by Crippen LogP contribution is -2.52. The number of methoxy groups -OCH3 is 1. The number of carbonyl (C=O) groups excluding carboxylic acids is 2. The highest BCUT2D eigenvalue weighted by molar-refractivity contribution is 5.72. The van der Waals surface area contributed by atoms with Crippen LogP contribution in [0.5, 0.6) is 0 Å². The summed E-state index contributed by atoms with van der Waals surface area (Å²) in [4.78, 5) is 22.9. The number of hydrogen-bond acceptors (Lipinski definition) is 5. The monoisotopic (exact) mass is 529 g/mol. The van der Waals surface area contributed by atoms with Crippen LogP contribution in [-0.4, -0.2) is 43.5 Å². The van der Waals surface area contributed by atoms with Crippen molar-refractivity contribution in [3.8, 4) is 0 Å². The summed E-state index contributed by atoms with van der Waals surface area (Å²) in [6.45, 7) is 13.5. The van der Waals surface area contributed by atoms with Gasteiger partial charge in [0.05, 0.1) is 6.10 Å². The lowest BCUT2D eigenvalue weighted by atomic mass is 9.47. The highest BCUT2D eigenvalue weighted by Gasteiger charge is 2.68. The minimum absolute atomic E-state index is 0.0314. The number of hydrogen-bond donors (Lipinski definition) is 1. The summed E-state index contributed by atoms with van der Waals surface area (Å²) in [6.07, 6.45) is 12.6. The molecule has 1 amide bonds. The maximum Gasteiger partial charge on any atom is 0.302 e. The van der Waals surface area contributed by atoms with E-state index >= 15 is 0 Å². The van der Waals surface area contributed by atoms with E-state index in [0.29, 0.717) is 36.1 Å². The molecule has 0 aromatic heterocycles. The molecule has 1 aliphatic heterocycles. The van der Waals surface area contributed by atoms with Crippen LogP contribution in [0.1, 0.15) is 99.3 Å². The third kappa shape index (κ3) is 4.56. The molecule has 4 fully saturated rings. The van der Waals surface area contributed by atoms with Gasteiger partial charge in [-0.05, 0) is 85.4 Å². The molecule has 8 unspecified atom stereocenters. The van der Waals surface area contributed by atoms with E-state index < -0.39 is 5.79 Å². The molecule has 1 saturated heterocycles. The molecule has 0 spiro atoms. The molecule has 11 atom stereocenters. The minimum Gasteiger partial charge on any atom is -0.462 e. The van der Waals surface area contributed by atoms with Gasteiger partial charge in [0.1, 0.15) is 6.10 Å². The van der Waals surface area contributed by atoms with Crippen LogP contribution < -0.4 is 5.32 Å². The molecule has 1 N–H and O–H groups in total. The highest BCUT2D eigenvalue weighted by Crippen LogP contribution is 2.70. The summed E-state index contributed by atoms with van der Waals surface area (Å²) >= 11 is 0. The van der Waals surface area contributed by atoms with Gasteiger partial charge in [0.2, 0.25) is 5.91 Å². The van der Waals surface area contributed by atoms with Crippen molar-refractivity contribution in [2.45, 2.75) is 117 Å². The zero-order valence-corrected chi connectivity index (χ0v) is 24.8. The van der Waals surface area contributed by atoms with E-state index in [1.165, 1.54) is 19.8 Å². The number of allylic oxidation sites excluding steroid dienone is 1. The summed E-state index contributed by atoms with van der Waals surface area (Å²) in [5.41, 5.74) is 2.07.